The van der Waals surface area contributed by atoms with Gasteiger partial charge in [0, 0.05) is 49.8 Å². The van der Waals surface area contributed by atoms with Gasteiger partial charge in [-0.1, -0.05) is 103 Å². The van der Waals surface area contributed by atoms with Gasteiger partial charge >= 0.3 is 0 Å². The van der Waals surface area contributed by atoms with Gasteiger partial charge in [-0.25, -0.2) is 9.97 Å². The van der Waals surface area contributed by atoms with E-state index in [1.165, 1.54) is 0 Å². The predicted octanol–water partition coefficient (Wildman–Crippen LogP) is 11.3. The fourth-order valence-electron chi connectivity index (χ4n) is 7.67. The number of furan rings is 1. The molecule has 0 saturated carbocycles. The number of benzene rings is 7. The van der Waals surface area contributed by atoms with Crippen molar-refractivity contribution in [3.05, 3.63) is 157 Å². The minimum absolute atomic E-state index is 0.559. The van der Waals surface area contributed by atoms with Gasteiger partial charge in [-0.15, -0.1) is 0 Å². The summed E-state index contributed by atoms with van der Waals surface area (Å²) in [7, 11) is 0. The smallest absolute Gasteiger partial charge is 0.238 e. The van der Waals surface area contributed by atoms with Crippen LogP contribution in [0.4, 0.5) is 0 Å². The maximum absolute atomic E-state index is 6.31. The Balaban J connectivity index is 1.16. The van der Waals surface area contributed by atoms with Gasteiger partial charge in [0.2, 0.25) is 5.95 Å². The highest BCUT2D eigenvalue weighted by atomic mass is 16.3. The third-order valence-electron chi connectivity index (χ3n) is 10.1. The van der Waals surface area contributed by atoms with Crippen molar-refractivity contribution >= 4 is 65.6 Å². The molecule has 0 unspecified atom stereocenters. The first-order valence-corrected chi connectivity index (χ1v) is 17.6. The lowest BCUT2D eigenvalue weighted by molar-refractivity contribution is 0.669. The van der Waals surface area contributed by atoms with Gasteiger partial charge in [-0.05, 0) is 60.3 Å². The average molecular weight is 681 g/mol. The van der Waals surface area contributed by atoms with Crippen molar-refractivity contribution < 1.29 is 4.42 Å². The number of para-hydroxylation sites is 2. The molecule has 248 valence electrons. The van der Waals surface area contributed by atoms with Crippen molar-refractivity contribution in [3.63, 3.8) is 0 Å². The summed E-state index contributed by atoms with van der Waals surface area (Å²) in [6.45, 7) is 1.99. The molecule has 11 rings (SSSR count). The van der Waals surface area contributed by atoms with Crippen LogP contribution in [0.1, 0.15) is 5.69 Å². The van der Waals surface area contributed by atoms with Crippen LogP contribution in [-0.2, 0) is 0 Å². The predicted molar refractivity (Wildman–Crippen MR) is 213 cm³/mol. The first-order chi connectivity index (χ1) is 26.2. The Morgan fingerprint density at radius 2 is 1.15 bits per heavy atom. The molecule has 7 nitrogen and oxygen atoms in total. The van der Waals surface area contributed by atoms with Crippen molar-refractivity contribution in [2.45, 2.75) is 6.92 Å². The molecule has 4 aromatic heterocycles. The number of nitrogens with zero attached hydrogens (tertiary/aromatic N) is 6. The highest BCUT2D eigenvalue weighted by Gasteiger charge is 2.20. The van der Waals surface area contributed by atoms with E-state index in [1.807, 2.05) is 92.0 Å². The second-order valence-corrected chi connectivity index (χ2v) is 13.4. The highest BCUT2D eigenvalue weighted by molar-refractivity contribution is 6.18. The van der Waals surface area contributed by atoms with E-state index in [1.54, 1.807) is 0 Å². The Hall–Kier alpha value is -7.25. The summed E-state index contributed by atoms with van der Waals surface area (Å²) in [5, 5.41) is 6.45. The molecule has 0 radical (unpaired) electrons. The van der Waals surface area contributed by atoms with Crippen LogP contribution in [0.5, 0.6) is 0 Å². The third-order valence-corrected chi connectivity index (χ3v) is 10.1. The number of aromatic nitrogens is 6. The van der Waals surface area contributed by atoms with Crippen molar-refractivity contribution in [1.29, 1.82) is 0 Å². The van der Waals surface area contributed by atoms with Crippen LogP contribution >= 0.6 is 0 Å². The zero-order valence-electron chi connectivity index (χ0n) is 28.5. The summed E-state index contributed by atoms with van der Waals surface area (Å²) in [4.78, 5) is 25.2. The number of rotatable bonds is 4. The Labute approximate surface area is 302 Å². The lowest BCUT2D eigenvalue weighted by Crippen LogP contribution is -2.06. The molecule has 0 atom stereocenters. The summed E-state index contributed by atoms with van der Waals surface area (Å²) in [6.07, 6.45) is 1.85. The van der Waals surface area contributed by atoms with Crippen LogP contribution in [0, 0.1) is 6.92 Å². The van der Waals surface area contributed by atoms with E-state index >= 15 is 0 Å². The molecule has 53 heavy (non-hydrogen) atoms. The van der Waals surface area contributed by atoms with Gasteiger partial charge in [0.1, 0.15) is 11.2 Å². The number of hydrogen-bond acceptors (Lipinski definition) is 6. The van der Waals surface area contributed by atoms with E-state index in [9.17, 15) is 0 Å². The van der Waals surface area contributed by atoms with Crippen LogP contribution in [0.15, 0.2) is 156 Å². The molecule has 0 aliphatic rings. The summed E-state index contributed by atoms with van der Waals surface area (Å²) in [6, 6.07) is 49.9. The molecule has 0 aliphatic carbocycles. The van der Waals surface area contributed by atoms with E-state index in [4.69, 9.17) is 29.3 Å². The summed E-state index contributed by atoms with van der Waals surface area (Å²) >= 11 is 0. The normalized spacial score (nSPS) is 11.9. The van der Waals surface area contributed by atoms with Crippen LogP contribution in [0.2, 0.25) is 0 Å². The molecule has 0 fully saturated rings. The minimum atomic E-state index is 0.559. The van der Waals surface area contributed by atoms with Crippen molar-refractivity contribution in [3.8, 4) is 39.9 Å². The molecule has 0 amide bonds. The zero-order chi connectivity index (χ0) is 35.0. The Kier molecular flexibility index (Phi) is 6.33. The molecule has 7 heteroatoms. The lowest BCUT2D eigenvalue weighted by atomic mass is 9.96. The van der Waals surface area contributed by atoms with Gasteiger partial charge in [0.05, 0.1) is 27.8 Å². The maximum Gasteiger partial charge on any atom is 0.238 e. The van der Waals surface area contributed by atoms with Gasteiger partial charge < -0.3 is 4.42 Å². The van der Waals surface area contributed by atoms with Crippen molar-refractivity contribution in [2.75, 3.05) is 0 Å². The zero-order valence-corrected chi connectivity index (χ0v) is 28.5. The van der Waals surface area contributed by atoms with E-state index in [0.29, 0.717) is 17.6 Å². The molecular weight excluding hydrogens is 653 g/mol. The maximum atomic E-state index is 6.31. The van der Waals surface area contributed by atoms with Crippen LogP contribution < -0.4 is 0 Å². The van der Waals surface area contributed by atoms with Crippen molar-refractivity contribution in [2.24, 2.45) is 0 Å². The van der Waals surface area contributed by atoms with E-state index in [0.717, 1.165) is 93.5 Å². The molecule has 0 spiro atoms. The van der Waals surface area contributed by atoms with Gasteiger partial charge in [-0.3, -0.25) is 9.55 Å². The van der Waals surface area contributed by atoms with Crippen LogP contribution in [0.25, 0.3) is 105 Å². The molecule has 4 heterocycles. The second kappa shape index (κ2) is 11.4. The lowest BCUT2D eigenvalue weighted by Gasteiger charge is -2.12. The molecule has 0 saturated heterocycles. The standard InChI is InChI=1S/C46H28N6O/c1-27-26-47-42-35-25-37-33-17-9-11-19-40(33)53-41(37)24-31(35)23-34(43(42)48-27)30-20-21-39-36(22-30)32-16-8-10-18-38(32)52(39)46-50-44(28-12-4-2-5-13-28)49-45(51-46)29-14-6-3-7-15-29/h2-26H,1H3. The third kappa shape index (κ3) is 4.64. The largest absolute Gasteiger partial charge is 0.456 e. The fraction of sp³-hybridized carbons (Fsp3) is 0.0217. The van der Waals surface area contributed by atoms with Gasteiger partial charge in [0.25, 0.3) is 0 Å². The SMILES string of the molecule is Cc1cnc2c(n1)c(-c1ccc3c(c1)c1ccccc1n3-c1nc(-c3ccccc3)nc(-c3ccccc3)n1)cc1cc3oc4ccccc4c3cc12. The van der Waals surface area contributed by atoms with E-state index in [-0.39, 0.29) is 0 Å². The number of aryl methyl sites for hydroxylation is 1. The average Bonchev–Trinajstić information content (AvgIpc) is 3.75. The Morgan fingerprint density at radius 1 is 0.472 bits per heavy atom. The number of fused-ring (bicyclic) bond motifs is 9. The fourth-order valence-corrected chi connectivity index (χ4v) is 7.67. The van der Waals surface area contributed by atoms with Crippen molar-refractivity contribution in [1.82, 2.24) is 29.5 Å². The highest BCUT2D eigenvalue weighted by Crippen LogP contribution is 2.40. The summed E-state index contributed by atoms with van der Waals surface area (Å²) < 4.78 is 8.45. The molecular formula is C46H28N6O. The molecule has 7 aromatic carbocycles. The van der Waals surface area contributed by atoms with Crippen LogP contribution in [0.3, 0.4) is 0 Å². The van der Waals surface area contributed by atoms with E-state index in [2.05, 4.69) is 71.3 Å². The molecule has 0 N–H and O–H groups in total. The molecule has 11 aromatic rings. The Bertz CT molecular complexity index is 3180. The monoisotopic (exact) mass is 680 g/mol. The quantitative estimate of drug-likeness (QED) is 0.172. The second-order valence-electron chi connectivity index (χ2n) is 13.4. The van der Waals surface area contributed by atoms with Crippen LogP contribution in [-0.4, -0.2) is 29.5 Å². The summed E-state index contributed by atoms with van der Waals surface area (Å²) in [5.41, 5.74) is 10.2. The topological polar surface area (TPSA) is 82.5 Å². The minimum Gasteiger partial charge on any atom is -0.456 e. The Morgan fingerprint density at radius 3 is 1.92 bits per heavy atom. The first-order valence-electron chi connectivity index (χ1n) is 17.6. The van der Waals surface area contributed by atoms with Gasteiger partial charge in [-0.2, -0.15) is 9.97 Å². The molecule has 0 bridgehead atoms. The molecule has 0 aliphatic heterocycles. The first kappa shape index (κ1) is 29.5. The summed E-state index contributed by atoms with van der Waals surface area (Å²) in [5.74, 6) is 1.79. The van der Waals surface area contributed by atoms with E-state index < -0.39 is 0 Å². The number of hydrogen-bond donors (Lipinski definition) is 0. The van der Waals surface area contributed by atoms with Gasteiger partial charge in [0.15, 0.2) is 11.6 Å².